The maximum Gasteiger partial charge on any atom is 0.416 e. The first-order valence-electron chi connectivity index (χ1n) is 8.88. The first kappa shape index (κ1) is 19.5. The summed E-state index contributed by atoms with van der Waals surface area (Å²) in [6.07, 6.45) is -1.82. The Hall–Kier alpha value is -0.780. The zero-order chi connectivity index (χ0) is 18.3. The number of hydrogen-bond acceptors (Lipinski definition) is 3. The highest BCUT2D eigenvalue weighted by atomic mass is 19.4. The van der Waals surface area contributed by atoms with Gasteiger partial charge in [-0.05, 0) is 68.6 Å². The number of carbonyl (C=O) groups is 1. The Morgan fingerprint density at radius 1 is 1.33 bits per heavy atom. The Morgan fingerprint density at radius 2 is 1.96 bits per heavy atom. The zero-order valence-corrected chi connectivity index (χ0v) is 14.9. The van der Waals surface area contributed by atoms with Crippen molar-refractivity contribution < 1.29 is 27.8 Å². The first-order valence-corrected chi connectivity index (χ1v) is 8.88. The molecule has 2 aliphatic carbocycles. The van der Waals surface area contributed by atoms with Crippen LogP contribution in [0.1, 0.15) is 52.9 Å². The summed E-state index contributed by atoms with van der Waals surface area (Å²) < 4.78 is 43.9. The molecule has 0 aromatic rings. The number of hydrogen-bond donors (Lipinski definition) is 1. The summed E-state index contributed by atoms with van der Waals surface area (Å²) in [5.74, 6) is 0.684. The van der Waals surface area contributed by atoms with E-state index in [1.54, 1.807) is 0 Å². The molecule has 0 heterocycles. The Morgan fingerprint density at radius 3 is 2.42 bits per heavy atom. The van der Waals surface area contributed by atoms with E-state index in [0.29, 0.717) is 24.7 Å². The molecule has 2 saturated carbocycles. The molecule has 0 aromatic carbocycles. The number of ether oxygens (including phenoxy) is 1. The molecule has 0 amide bonds. The van der Waals surface area contributed by atoms with Gasteiger partial charge < -0.3 is 9.84 Å². The van der Waals surface area contributed by atoms with Crippen LogP contribution in [0.4, 0.5) is 13.2 Å². The van der Waals surface area contributed by atoms with Crippen LogP contribution < -0.4 is 0 Å². The highest BCUT2D eigenvalue weighted by Gasteiger charge is 2.56. The summed E-state index contributed by atoms with van der Waals surface area (Å²) in [5.41, 5.74) is -2.64. The summed E-state index contributed by atoms with van der Waals surface area (Å²) in [6, 6.07) is 0. The van der Waals surface area contributed by atoms with Crippen LogP contribution in [0.3, 0.4) is 0 Å². The Kier molecular flexibility index (Phi) is 5.58. The molecule has 2 aliphatic rings. The summed E-state index contributed by atoms with van der Waals surface area (Å²) >= 11 is 0. The molecule has 2 bridgehead atoms. The lowest BCUT2D eigenvalue weighted by Crippen LogP contribution is -2.45. The maximum absolute atomic E-state index is 13.0. The van der Waals surface area contributed by atoms with Crippen molar-refractivity contribution in [3.8, 4) is 0 Å². The minimum atomic E-state index is -4.60. The number of fused-ring (bicyclic) bond motifs is 2. The fourth-order valence-corrected chi connectivity index (χ4v) is 5.07. The number of aliphatic hydroxyl groups is 1. The molecule has 0 radical (unpaired) electrons. The van der Waals surface area contributed by atoms with Crippen molar-refractivity contribution in [2.45, 2.75) is 64.7 Å². The van der Waals surface area contributed by atoms with Gasteiger partial charge in [0.05, 0.1) is 13.0 Å². The molecule has 0 spiro atoms. The summed E-state index contributed by atoms with van der Waals surface area (Å²) in [5, 5.41) is 9.85. The fraction of sp³-hybridized carbons (Fsp3) is 0.944. The van der Waals surface area contributed by atoms with E-state index in [-0.39, 0.29) is 36.1 Å². The predicted molar refractivity (Wildman–Crippen MR) is 84.1 cm³/mol. The number of rotatable bonds is 6. The van der Waals surface area contributed by atoms with Crippen molar-refractivity contribution >= 4 is 5.97 Å². The van der Waals surface area contributed by atoms with E-state index in [2.05, 4.69) is 6.92 Å². The number of methoxy groups -OCH3 is 1. The lowest BCUT2D eigenvalue weighted by atomic mass is 9.68. The Bertz CT molecular complexity index is 461. The van der Waals surface area contributed by atoms with Gasteiger partial charge in [-0.2, -0.15) is 13.2 Å². The van der Waals surface area contributed by atoms with Gasteiger partial charge in [-0.1, -0.05) is 13.8 Å². The number of alkyl halides is 3. The second-order valence-electron chi connectivity index (χ2n) is 8.02. The van der Waals surface area contributed by atoms with E-state index in [4.69, 9.17) is 4.74 Å². The van der Waals surface area contributed by atoms with Gasteiger partial charge in [0.25, 0.3) is 0 Å². The monoisotopic (exact) mass is 350 g/mol. The largest absolute Gasteiger partial charge is 0.469 e. The zero-order valence-electron chi connectivity index (χ0n) is 14.9. The second kappa shape index (κ2) is 6.85. The quantitative estimate of drug-likeness (QED) is 0.731. The summed E-state index contributed by atoms with van der Waals surface area (Å²) in [4.78, 5) is 11.9. The molecule has 7 unspecified atom stereocenters. The van der Waals surface area contributed by atoms with Crippen LogP contribution in [0.25, 0.3) is 0 Å². The van der Waals surface area contributed by atoms with Gasteiger partial charge in [0.1, 0.15) is 0 Å². The molecular formula is C18H29F3O3. The van der Waals surface area contributed by atoms with Gasteiger partial charge in [0.15, 0.2) is 5.60 Å². The van der Waals surface area contributed by atoms with Crippen LogP contribution in [0.2, 0.25) is 0 Å². The van der Waals surface area contributed by atoms with Crippen molar-refractivity contribution in [3.05, 3.63) is 0 Å². The standard InChI is InChI=1S/C18H29F3O3/c1-5-11(16(22)24-4)7-14-10(2)12-6-13(15(14)8-12)9-17(3,23)18(19,20)21/h10-15,23H,5-9H2,1-4H3. The third kappa shape index (κ3) is 3.58. The fourth-order valence-electron chi connectivity index (χ4n) is 5.07. The van der Waals surface area contributed by atoms with Crippen molar-refractivity contribution in [2.75, 3.05) is 7.11 Å². The van der Waals surface area contributed by atoms with Gasteiger partial charge in [-0.15, -0.1) is 0 Å². The van der Waals surface area contributed by atoms with Gasteiger partial charge in [-0.25, -0.2) is 0 Å². The van der Waals surface area contributed by atoms with Gasteiger partial charge in [0.2, 0.25) is 0 Å². The molecule has 0 saturated heterocycles. The van der Waals surface area contributed by atoms with E-state index < -0.39 is 11.8 Å². The molecule has 2 rings (SSSR count). The van der Waals surface area contributed by atoms with Crippen molar-refractivity contribution in [1.29, 1.82) is 0 Å². The average Bonchev–Trinajstić information content (AvgIpc) is 3.01. The Labute approximate surface area is 141 Å². The molecule has 0 aliphatic heterocycles. The normalized spacial score (nSPS) is 36.4. The minimum Gasteiger partial charge on any atom is -0.469 e. The highest BCUT2D eigenvalue weighted by molar-refractivity contribution is 5.72. The topological polar surface area (TPSA) is 46.5 Å². The maximum atomic E-state index is 13.0. The summed E-state index contributed by atoms with van der Waals surface area (Å²) in [6.45, 7) is 4.96. The molecular weight excluding hydrogens is 321 g/mol. The van der Waals surface area contributed by atoms with Gasteiger partial charge in [-0.3, -0.25) is 4.79 Å². The van der Waals surface area contributed by atoms with Gasteiger partial charge >= 0.3 is 12.1 Å². The number of halogens is 3. The van der Waals surface area contributed by atoms with Crippen LogP contribution in [0, 0.1) is 35.5 Å². The highest BCUT2D eigenvalue weighted by Crippen LogP contribution is 2.59. The minimum absolute atomic E-state index is 0.122. The molecule has 0 aromatic heterocycles. The van der Waals surface area contributed by atoms with E-state index >= 15 is 0 Å². The lowest BCUT2D eigenvalue weighted by Gasteiger charge is -2.39. The second-order valence-corrected chi connectivity index (χ2v) is 8.02. The molecule has 6 heteroatoms. The number of carbonyl (C=O) groups excluding carboxylic acids is 1. The van der Waals surface area contributed by atoms with Crippen LogP contribution in [0.15, 0.2) is 0 Å². The molecule has 1 N–H and O–H groups in total. The SMILES string of the molecule is CCC(CC1C(C)C2CC(CC(C)(O)C(F)(F)F)C1C2)C(=O)OC. The third-order valence-electron chi connectivity index (χ3n) is 6.61. The van der Waals surface area contributed by atoms with Crippen LogP contribution in [-0.2, 0) is 9.53 Å². The van der Waals surface area contributed by atoms with Crippen LogP contribution in [0.5, 0.6) is 0 Å². The molecule has 2 fully saturated rings. The molecule has 7 atom stereocenters. The van der Waals surface area contributed by atoms with Crippen LogP contribution in [-0.4, -0.2) is 30.0 Å². The average molecular weight is 350 g/mol. The van der Waals surface area contributed by atoms with E-state index in [0.717, 1.165) is 19.8 Å². The van der Waals surface area contributed by atoms with Crippen molar-refractivity contribution in [1.82, 2.24) is 0 Å². The first-order chi connectivity index (χ1) is 11.0. The smallest absolute Gasteiger partial charge is 0.416 e. The molecule has 140 valence electrons. The summed E-state index contributed by atoms with van der Waals surface area (Å²) in [7, 11) is 1.37. The van der Waals surface area contributed by atoms with Crippen molar-refractivity contribution in [2.24, 2.45) is 35.5 Å². The van der Waals surface area contributed by atoms with E-state index in [1.807, 2.05) is 6.92 Å². The Balaban J connectivity index is 2.08. The molecule has 24 heavy (non-hydrogen) atoms. The van der Waals surface area contributed by atoms with Crippen molar-refractivity contribution in [3.63, 3.8) is 0 Å². The van der Waals surface area contributed by atoms with Gasteiger partial charge in [0, 0.05) is 0 Å². The van der Waals surface area contributed by atoms with Crippen LogP contribution >= 0.6 is 0 Å². The predicted octanol–water partition coefficient (Wildman–Crippen LogP) is 4.19. The lowest BCUT2D eigenvalue weighted by molar-refractivity contribution is -0.260. The van der Waals surface area contributed by atoms with E-state index in [1.165, 1.54) is 7.11 Å². The van der Waals surface area contributed by atoms with E-state index in [9.17, 15) is 23.1 Å². The third-order valence-corrected chi connectivity index (χ3v) is 6.61. The molecule has 3 nitrogen and oxygen atoms in total. The number of esters is 1.